The number of esters is 2. The average Bonchev–Trinajstić information content (AvgIpc) is 3.80. The van der Waals surface area contributed by atoms with Crippen LogP contribution in [-0.2, 0) is 47.7 Å². The molecular weight excluding hydrogens is 749 g/mol. The largest absolute Gasteiger partial charge is 0.458 e. The Labute approximate surface area is 331 Å². The van der Waals surface area contributed by atoms with Crippen molar-refractivity contribution in [1.29, 1.82) is 0 Å². The van der Waals surface area contributed by atoms with Crippen molar-refractivity contribution in [2.45, 2.75) is 101 Å². The van der Waals surface area contributed by atoms with E-state index in [-0.39, 0.29) is 62.4 Å². The third-order valence-electron chi connectivity index (χ3n) is 12.7. The SMILES string of the molecule is COC[C@H]1OC(=O)C(C=NCCOCCOCCNC(=O)CCCC[C@H]2SC[C@H]3NC(=O)N[C@H]32)C2C(=O)C(=O)C3=C([C@H](OC(C)=O)C[C@@]4(C)C3CC[C@@H]4O)[C@]21C. The first-order chi connectivity index (χ1) is 26.8. The lowest BCUT2D eigenvalue weighted by molar-refractivity contribution is -0.188. The summed E-state index contributed by atoms with van der Waals surface area (Å²) < 4.78 is 28.4. The van der Waals surface area contributed by atoms with Crippen LogP contribution in [0.3, 0.4) is 0 Å². The minimum Gasteiger partial charge on any atom is -0.458 e. The number of hydrogen-bond donors (Lipinski definition) is 4. The number of ketones is 2. The second-order valence-corrected chi connectivity index (χ2v) is 17.4. The number of carbonyl (C=O) groups excluding carboxylic acids is 6. The van der Waals surface area contributed by atoms with Crippen LogP contribution in [0.5, 0.6) is 0 Å². The molecule has 56 heavy (non-hydrogen) atoms. The number of unbranched alkanes of at least 4 members (excludes halogenated alkanes) is 1. The van der Waals surface area contributed by atoms with Gasteiger partial charge in [0, 0.05) is 60.6 Å². The molecule has 0 spiro atoms. The van der Waals surface area contributed by atoms with E-state index in [1.165, 1.54) is 20.2 Å². The van der Waals surface area contributed by atoms with Gasteiger partial charge in [-0.1, -0.05) is 20.3 Å². The molecule has 0 bridgehead atoms. The number of allylic oxidation sites excluding steroid dienone is 1. The molecule has 6 rings (SSSR count). The van der Waals surface area contributed by atoms with Crippen LogP contribution >= 0.6 is 11.8 Å². The summed E-state index contributed by atoms with van der Waals surface area (Å²) in [5.41, 5.74) is -1.29. The molecule has 3 aliphatic carbocycles. The van der Waals surface area contributed by atoms with Gasteiger partial charge in [0.2, 0.25) is 17.5 Å². The molecule has 17 heteroatoms. The number of Topliss-reactive ketones (excluding diaryl/α,β-unsaturated/α-hetero) is 2. The van der Waals surface area contributed by atoms with E-state index in [9.17, 15) is 33.9 Å². The number of aliphatic hydroxyl groups is 1. The van der Waals surface area contributed by atoms with Crippen LogP contribution in [0.2, 0.25) is 0 Å². The van der Waals surface area contributed by atoms with Crippen molar-refractivity contribution in [3.8, 4) is 0 Å². The smallest absolute Gasteiger partial charge is 0.315 e. The molecule has 0 aromatic rings. The lowest BCUT2D eigenvalue weighted by Gasteiger charge is -2.56. The van der Waals surface area contributed by atoms with E-state index >= 15 is 0 Å². The maximum absolute atomic E-state index is 14.2. The molecule has 4 N–H and O–H groups in total. The number of fused-ring (bicyclic) bond motifs is 5. The van der Waals surface area contributed by atoms with Gasteiger partial charge in [0.05, 0.1) is 63.7 Å². The van der Waals surface area contributed by atoms with E-state index in [0.717, 1.165) is 25.0 Å². The predicted octanol–water partition coefficient (Wildman–Crippen LogP) is 1.30. The fourth-order valence-electron chi connectivity index (χ4n) is 9.91. The van der Waals surface area contributed by atoms with Crippen LogP contribution in [0.15, 0.2) is 16.1 Å². The first kappa shape index (κ1) is 42.2. The molecule has 1 saturated carbocycles. The van der Waals surface area contributed by atoms with Crippen LogP contribution in [0.25, 0.3) is 0 Å². The van der Waals surface area contributed by atoms with Gasteiger partial charge in [-0.15, -0.1) is 0 Å². The van der Waals surface area contributed by atoms with E-state index < -0.39 is 70.4 Å². The molecule has 3 unspecified atom stereocenters. The Kier molecular flexibility index (Phi) is 13.6. The molecule has 0 radical (unpaired) electrons. The van der Waals surface area contributed by atoms with Crippen molar-refractivity contribution < 1.29 is 57.6 Å². The zero-order valence-corrected chi connectivity index (χ0v) is 33.5. The van der Waals surface area contributed by atoms with Crippen LogP contribution in [0, 0.1) is 28.6 Å². The monoisotopic (exact) mass is 804 g/mol. The highest BCUT2D eigenvalue weighted by Crippen LogP contribution is 2.63. The summed E-state index contributed by atoms with van der Waals surface area (Å²) in [4.78, 5) is 82.2. The van der Waals surface area contributed by atoms with Crippen LogP contribution in [0.4, 0.5) is 4.79 Å². The Bertz CT molecular complexity index is 1610. The van der Waals surface area contributed by atoms with Gasteiger partial charge >= 0.3 is 18.0 Å². The summed E-state index contributed by atoms with van der Waals surface area (Å²) in [6.07, 6.45) is 3.05. The number of nitrogens with zero attached hydrogens (tertiary/aromatic N) is 1. The maximum Gasteiger partial charge on any atom is 0.315 e. The summed E-state index contributed by atoms with van der Waals surface area (Å²) in [5, 5.41) is 20.2. The van der Waals surface area contributed by atoms with Crippen molar-refractivity contribution in [2.24, 2.45) is 33.6 Å². The minimum absolute atomic E-state index is 0.0251. The third kappa shape index (κ3) is 8.43. The number of amides is 3. The summed E-state index contributed by atoms with van der Waals surface area (Å²) in [6, 6.07) is 0.291. The Hall–Kier alpha value is -3.38. The van der Waals surface area contributed by atoms with Crippen LogP contribution in [-0.4, -0.2) is 141 Å². The number of methoxy groups -OCH3 is 1. The molecule has 3 heterocycles. The van der Waals surface area contributed by atoms with E-state index in [1.54, 1.807) is 6.92 Å². The first-order valence-corrected chi connectivity index (χ1v) is 20.8. The normalized spacial score (nSPS) is 36.1. The number of cyclic esters (lactones) is 1. The summed E-state index contributed by atoms with van der Waals surface area (Å²) in [7, 11) is 1.45. The Morgan fingerprint density at radius 3 is 2.59 bits per heavy atom. The van der Waals surface area contributed by atoms with Gasteiger partial charge in [-0.25, -0.2) is 4.79 Å². The quantitative estimate of drug-likeness (QED) is 0.0506. The molecule has 3 amide bonds. The van der Waals surface area contributed by atoms with Gasteiger partial charge in [-0.05, 0) is 43.6 Å². The number of rotatable bonds is 18. The number of ether oxygens (including phenoxy) is 5. The van der Waals surface area contributed by atoms with E-state index in [2.05, 4.69) is 20.9 Å². The van der Waals surface area contributed by atoms with Gasteiger partial charge in [0.15, 0.2) is 0 Å². The lowest BCUT2D eigenvalue weighted by atomic mass is 9.49. The summed E-state index contributed by atoms with van der Waals surface area (Å²) >= 11 is 1.87. The zero-order chi connectivity index (χ0) is 40.2. The topological polar surface area (TPSA) is 217 Å². The number of aliphatic hydroxyl groups excluding tert-OH is 1. The maximum atomic E-state index is 14.2. The lowest BCUT2D eigenvalue weighted by Crippen LogP contribution is -2.65. The first-order valence-electron chi connectivity index (χ1n) is 19.8. The average molecular weight is 805 g/mol. The van der Waals surface area contributed by atoms with Crippen molar-refractivity contribution in [3.63, 3.8) is 0 Å². The zero-order valence-electron chi connectivity index (χ0n) is 32.7. The van der Waals surface area contributed by atoms with Crippen molar-refractivity contribution in [3.05, 3.63) is 11.1 Å². The standard InChI is InChI=1S/C39H56N4O12S/c1-21(44)54-25-17-38(2)23(9-10-27(38)45)30-32(25)39(3)28(19-51-4)55-36(49)22(31(39)35(48)34(30)47)18-40-11-13-52-15-16-53-14-12-41-29(46)8-6-5-7-26-33-24(20-56-26)42-37(50)43-33/h18,22-28,31,33,45H,5-17,19-20H2,1-4H3,(H,41,46)(H2,42,43,50)/t22?,23?,24-,25-,26-,27+,28-,31?,33-,38+,39+/m1/s1. The molecule has 16 nitrogen and oxygen atoms in total. The number of thioether (sulfide) groups is 1. The Morgan fingerprint density at radius 2 is 1.84 bits per heavy atom. The Morgan fingerprint density at radius 1 is 1.07 bits per heavy atom. The van der Waals surface area contributed by atoms with Gasteiger partial charge in [-0.3, -0.25) is 29.0 Å². The third-order valence-corrected chi connectivity index (χ3v) is 14.2. The number of nitrogens with one attached hydrogen (secondary N) is 3. The highest BCUT2D eigenvalue weighted by Gasteiger charge is 2.68. The van der Waals surface area contributed by atoms with E-state index in [1.807, 2.05) is 18.7 Å². The molecule has 4 fully saturated rings. The molecule has 11 atom stereocenters. The number of carbonyl (C=O) groups is 6. The van der Waals surface area contributed by atoms with Crippen molar-refractivity contribution in [2.75, 3.05) is 59.0 Å². The second-order valence-electron chi connectivity index (χ2n) is 16.1. The van der Waals surface area contributed by atoms with Gasteiger partial charge in [0.1, 0.15) is 18.1 Å². The van der Waals surface area contributed by atoms with E-state index in [0.29, 0.717) is 49.8 Å². The highest BCUT2D eigenvalue weighted by molar-refractivity contribution is 8.00. The van der Waals surface area contributed by atoms with Crippen LogP contribution in [0.1, 0.15) is 65.7 Å². The predicted molar refractivity (Wildman–Crippen MR) is 203 cm³/mol. The van der Waals surface area contributed by atoms with Gasteiger partial charge < -0.3 is 44.7 Å². The Balaban J connectivity index is 0.954. The molecular formula is C39H56N4O12S. The van der Waals surface area contributed by atoms with Crippen LogP contribution < -0.4 is 16.0 Å². The number of urea groups is 1. The van der Waals surface area contributed by atoms with Crippen molar-refractivity contribution in [1.82, 2.24) is 16.0 Å². The molecule has 0 aromatic heterocycles. The second kappa shape index (κ2) is 18.0. The minimum atomic E-state index is -1.25. The molecule has 0 aromatic carbocycles. The van der Waals surface area contributed by atoms with Crippen molar-refractivity contribution >= 4 is 53.4 Å². The summed E-state index contributed by atoms with van der Waals surface area (Å²) in [6.45, 7) is 6.54. The fraction of sp³-hybridized carbons (Fsp3) is 0.769. The molecule has 3 aliphatic heterocycles. The molecule has 310 valence electrons. The van der Waals surface area contributed by atoms with Gasteiger partial charge in [-0.2, -0.15) is 11.8 Å². The number of hydrogen-bond acceptors (Lipinski definition) is 14. The highest BCUT2D eigenvalue weighted by atomic mass is 32.2. The molecule has 6 aliphatic rings. The fourth-order valence-corrected chi connectivity index (χ4v) is 11.5. The number of aliphatic imine (C=N–C) groups is 1. The van der Waals surface area contributed by atoms with E-state index in [4.69, 9.17) is 23.7 Å². The molecule has 3 saturated heterocycles. The summed E-state index contributed by atoms with van der Waals surface area (Å²) in [5.74, 6) is -4.58. The van der Waals surface area contributed by atoms with Gasteiger partial charge in [0.25, 0.3) is 0 Å².